The Bertz CT molecular complexity index is 485. The van der Waals surface area contributed by atoms with Crippen LogP contribution in [0, 0.1) is 17.0 Å². The first-order valence-electron chi connectivity index (χ1n) is 5.38. The van der Waals surface area contributed by atoms with Crippen molar-refractivity contribution >= 4 is 17.3 Å². The van der Waals surface area contributed by atoms with Crippen molar-refractivity contribution in [3.05, 3.63) is 46.5 Å². The first-order valence-corrected chi connectivity index (χ1v) is 5.38. The number of nitro groups is 1. The number of carbonyl (C=O) groups is 1. The lowest BCUT2D eigenvalue weighted by molar-refractivity contribution is -0.383. The number of nitrogens with two attached hydrogens (primary N) is 1. The van der Waals surface area contributed by atoms with Crippen LogP contribution in [0.2, 0.25) is 0 Å². The van der Waals surface area contributed by atoms with Crippen LogP contribution in [0.15, 0.2) is 30.9 Å². The van der Waals surface area contributed by atoms with Gasteiger partial charge in [-0.2, -0.15) is 0 Å². The molecule has 0 heterocycles. The summed E-state index contributed by atoms with van der Waals surface area (Å²) in [6.45, 7) is 5.26. The standard InChI is InChI=1S/C12H15N3O3/c1-3-4-9(13)12(16)14-10-7-8(2)5-6-11(10)15(17)18/h3,5-7,9H,1,4,13H2,2H3,(H,14,16). The molecule has 1 aromatic carbocycles. The molecule has 3 N–H and O–H groups in total. The van der Waals surface area contributed by atoms with Gasteiger partial charge in [-0.15, -0.1) is 6.58 Å². The van der Waals surface area contributed by atoms with E-state index in [0.29, 0.717) is 6.42 Å². The van der Waals surface area contributed by atoms with Gasteiger partial charge in [0.1, 0.15) is 5.69 Å². The van der Waals surface area contributed by atoms with E-state index in [0.717, 1.165) is 5.56 Å². The Morgan fingerprint density at radius 1 is 1.67 bits per heavy atom. The van der Waals surface area contributed by atoms with Crippen molar-refractivity contribution in [1.82, 2.24) is 0 Å². The Balaban J connectivity index is 2.95. The van der Waals surface area contributed by atoms with Gasteiger partial charge >= 0.3 is 0 Å². The second kappa shape index (κ2) is 5.92. The molecule has 0 aromatic heterocycles. The zero-order chi connectivity index (χ0) is 13.7. The molecule has 1 unspecified atom stereocenters. The third-order valence-corrected chi connectivity index (χ3v) is 2.36. The average Bonchev–Trinajstić information content (AvgIpc) is 2.28. The number of hydrogen-bond acceptors (Lipinski definition) is 4. The van der Waals surface area contributed by atoms with Crippen LogP contribution in [0.5, 0.6) is 0 Å². The van der Waals surface area contributed by atoms with Gasteiger partial charge in [0.2, 0.25) is 5.91 Å². The maximum absolute atomic E-state index is 11.7. The van der Waals surface area contributed by atoms with Crippen LogP contribution in [-0.4, -0.2) is 16.9 Å². The Morgan fingerprint density at radius 3 is 2.89 bits per heavy atom. The molecule has 0 spiro atoms. The van der Waals surface area contributed by atoms with Crippen LogP contribution < -0.4 is 11.1 Å². The van der Waals surface area contributed by atoms with Gasteiger partial charge < -0.3 is 11.1 Å². The molecule has 0 aliphatic rings. The summed E-state index contributed by atoms with van der Waals surface area (Å²) in [5.74, 6) is -0.469. The van der Waals surface area contributed by atoms with Gasteiger partial charge in [0.25, 0.3) is 5.69 Å². The summed E-state index contributed by atoms with van der Waals surface area (Å²) < 4.78 is 0. The molecule has 6 nitrogen and oxygen atoms in total. The number of anilines is 1. The predicted octanol–water partition coefficient (Wildman–Crippen LogP) is 1.75. The fraction of sp³-hybridized carbons (Fsp3) is 0.250. The van der Waals surface area contributed by atoms with Crippen LogP contribution in [-0.2, 0) is 4.79 Å². The van der Waals surface area contributed by atoms with Crippen LogP contribution >= 0.6 is 0 Å². The molecular weight excluding hydrogens is 234 g/mol. The van der Waals surface area contributed by atoms with E-state index in [1.165, 1.54) is 18.2 Å². The minimum atomic E-state index is -0.761. The zero-order valence-corrected chi connectivity index (χ0v) is 10.1. The van der Waals surface area contributed by atoms with Crippen molar-refractivity contribution in [2.45, 2.75) is 19.4 Å². The lowest BCUT2D eigenvalue weighted by Gasteiger charge is -2.11. The van der Waals surface area contributed by atoms with Crippen molar-refractivity contribution in [1.29, 1.82) is 0 Å². The molecule has 0 aliphatic carbocycles. The third kappa shape index (κ3) is 3.39. The van der Waals surface area contributed by atoms with E-state index in [1.54, 1.807) is 13.0 Å². The highest BCUT2D eigenvalue weighted by molar-refractivity contribution is 5.96. The highest BCUT2D eigenvalue weighted by atomic mass is 16.6. The molecule has 0 radical (unpaired) electrons. The summed E-state index contributed by atoms with van der Waals surface area (Å²) in [5.41, 5.74) is 6.40. The number of aryl methyl sites for hydroxylation is 1. The molecule has 96 valence electrons. The Labute approximate surface area is 105 Å². The number of benzene rings is 1. The summed E-state index contributed by atoms with van der Waals surface area (Å²) >= 11 is 0. The van der Waals surface area contributed by atoms with Gasteiger partial charge in [-0.25, -0.2) is 0 Å². The summed E-state index contributed by atoms with van der Waals surface area (Å²) in [7, 11) is 0. The van der Waals surface area contributed by atoms with E-state index < -0.39 is 16.9 Å². The number of rotatable bonds is 5. The second-order valence-corrected chi connectivity index (χ2v) is 3.90. The highest BCUT2D eigenvalue weighted by Gasteiger charge is 2.18. The first-order chi connectivity index (χ1) is 8.45. The smallest absolute Gasteiger partial charge is 0.292 e. The van der Waals surface area contributed by atoms with Gasteiger partial charge in [-0.1, -0.05) is 12.1 Å². The molecule has 1 amide bonds. The maximum atomic E-state index is 11.7. The van der Waals surface area contributed by atoms with Gasteiger partial charge in [0.15, 0.2) is 0 Å². The minimum absolute atomic E-state index is 0.153. The molecule has 0 bridgehead atoms. The number of amides is 1. The third-order valence-electron chi connectivity index (χ3n) is 2.36. The predicted molar refractivity (Wildman–Crippen MR) is 69.3 cm³/mol. The van der Waals surface area contributed by atoms with Gasteiger partial charge in [-0.3, -0.25) is 14.9 Å². The summed E-state index contributed by atoms with van der Waals surface area (Å²) in [5, 5.41) is 13.3. The van der Waals surface area contributed by atoms with Gasteiger partial charge in [0, 0.05) is 6.07 Å². The van der Waals surface area contributed by atoms with E-state index in [-0.39, 0.29) is 11.4 Å². The summed E-state index contributed by atoms with van der Waals surface area (Å²) in [6, 6.07) is 3.74. The molecule has 18 heavy (non-hydrogen) atoms. The van der Waals surface area contributed by atoms with Crippen molar-refractivity contribution < 1.29 is 9.72 Å². The van der Waals surface area contributed by atoms with E-state index in [4.69, 9.17) is 5.73 Å². The lowest BCUT2D eigenvalue weighted by atomic mass is 10.1. The largest absolute Gasteiger partial charge is 0.320 e. The normalized spacial score (nSPS) is 11.7. The van der Waals surface area contributed by atoms with Gasteiger partial charge in [0.05, 0.1) is 11.0 Å². The number of hydrogen-bond donors (Lipinski definition) is 2. The molecule has 0 aliphatic heterocycles. The maximum Gasteiger partial charge on any atom is 0.292 e. The summed E-state index contributed by atoms with van der Waals surface area (Å²) in [6.07, 6.45) is 1.83. The van der Waals surface area contributed by atoms with E-state index in [9.17, 15) is 14.9 Å². The number of nitrogens with zero attached hydrogens (tertiary/aromatic N) is 1. The lowest BCUT2D eigenvalue weighted by Crippen LogP contribution is -2.35. The highest BCUT2D eigenvalue weighted by Crippen LogP contribution is 2.25. The molecule has 0 saturated heterocycles. The molecule has 1 aromatic rings. The topological polar surface area (TPSA) is 98.3 Å². The van der Waals surface area contributed by atoms with Crippen LogP contribution in [0.3, 0.4) is 0 Å². The molecule has 1 atom stereocenters. The second-order valence-electron chi connectivity index (χ2n) is 3.90. The quantitative estimate of drug-likeness (QED) is 0.471. The molecular formula is C12H15N3O3. The molecule has 0 fully saturated rings. The van der Waals surface area contributed by atoms with E-state index >= 15 is 0 Å². The zero-order valence-electron chi connectivity index (χ0n) is 10.1. The Kier molecular flexibility index (Phi) is 4.56. The number of nitro benzene ring substituents is 1. The van der Waals surface area contributed by atoms with E-state index in [1.807, 2.05) is 0 Å². The molecule has 1 rings (SSSR count). The Hall–Kier alpha value is -2.21. The summed E-state index contributed by atoms with van der Waals surface area (Å²) in [4.78, 5) is 22.0. The number of carbonyl (C=O) groups excluding carboxylic acids is 1. The van der Waals surface area contributed by atoms with Crippen molar-refractivity contribution in [3.8, 4) is 0 Å². The average molecular weight is 249 g/mol. The number of nitrogens with one attached hydrogen (secondary N) is 1. The van der Waals surface area contributed by atoms with Crippen LogP contribution in [0.25, 0.3) is 0 Å². The monoisotopic (exact) mass is 249 g/mol. The Morgan fingerprint density at radius 2 is 2.33 bits per heavy atom. The van der Waals surface area contributed by atoms with Crippen LogP contribution in [0.4, 0.5) is 11.4 Å². The fourth-order valence-corrected chi connectivity index (χ4v) is 1.42. The van der Waals surface area contributed by atoms with Crippen molar-refractivity contribution in [2.75, 3.05) is 5.32 Å². The SMILES string of the molecule is C=CCC(N)C(=O)Nc1cc(C)ccc1[N+](=O)[O-]. The van der Waals surface area contributed by atoms with Crippen molar-refractivity contribution in [3.63, 3.8) is 0 Å². The minimum Gasteiger partial charge on any atom is -0.320 e. The van der Waals surface area contributed by atoms with Crippen molar-refractivity contribution in [2.24, 2.45) is 5.73 Å². The molecule has 6 heteroatoms. The molecule has 0 saturated carbocycles. The van der Waals surface area contributed by atoms with Crippen LogP contribution in [0.1, 0.15) is 12.0 Å². The first kappa shape index (κ1) is 13.9. The van der Waals surface area contributed by atoms with E-state index in [2.05, 4.69) is 11.9 Å². The van der Waals surface area contributed by atoms with Gasteiger partial charge in [-0.05, 0) is 25.0 Å². The fourth-order valence-electron chi connectivity index (χ4n) is 1.42.